The summed E-state index contributed by atoms with van der Waals surface area (Å²) in [6.07, 6.45) is -2.61. The van der Waals surface area contributed by atoms with Crippen molar-refractivity contribution >= 4 is 0 Å². The van der Waals surface area contributed by atoms with Crippen LogP contribution in [0.1, 0.15) is 0 Å². The zero-order valence-electron chi connectivity index (χ0n) is 3.94. The lowest BCUT2D eigenvalue weighted by atomic mass is 10.5. The Morgan fingerprint density at radius 2 is 1.75 bits per heavy atom. The Morgan fingerprint density at radius 3 is 1.88 bits per heavy atom. The summed E-state index contributed by atoms with van der Waals surface area (Å²) in [4.78, 5) is 0. The van der Waals surface area contributed by atoms with Gasteiger partial charge in [-0.25, -0.2) is 0 Å². The summed E-state index contributed by atoms with van der Waals surface area (Å²) in [7, 11) is 0. The summed E-state index contributed by atoms with van der Waals surface area (Å²) in [6.45, 7) is 4.62. The smallest absolute Gasteiger partial charge is 0.167 e. The molecule has 0 aliphatic heterocycles. The van der Waals surface area contributed by atoms with Crippen LogP contribution in [0.2, 0.25) is 0 Å². The van der Waals surface area contributed by atoms with Crippen molar-refractivity contribution in [3.63, 3.8) is 0 Å². The molecule has 0 spiro atoms. The van der Waals surface area contributed by atoms with Crippen molar-refractivity contribution in [3.05, 3.63) is 24.8 Å². The SMILES string of the molecule is [CH]=C/C=C/C(F)(F)F. The average Bonchev–Trinajstić information content (AvgIpc) is 1.59. The van der Waals surface area contributed by atoms with Crippen LogP contribution in [0, 0.1) is 6.58 Å². The van der Waals surface area contributed by atoms with Crippen LogP contribution in [0.15, 0.2) is 18.2 Å². The number of hydrogen-bond donors (Lipinski definition) is 0. The second kappa shape index (κ2) is 2.55. The lowest BCUT2D eigenvalue weighted by Gasteiger charge is -1.93. The highest BCUT2D eigenvalue weighted by molar-refractivity contribution is 4.99. The van der Waals surface area contributed by atoms with Crippen LogP contribution >= 0.6 is 0 Å². The van der Waals surface area contributed by atoms with Crippen molar-refractivity contribution in [2.24, 2.45) is 0 Å². The zero-order valence-corrected chi connectivity index (χ0v) is 3.94. The molecule has 0 unspecified atom stereocenters. The van der Waals surface area contributed by atoms with Crippen molar-refractivity contribution < 1.29 is 13.2 Å². The first-order valence-corrected chi connectivity index (χ1v) is 1.86. The number of rotatable bonds is 1. The van der Waals surface area contributed by atoms with Gasteiger partial charge in [-0.05, 0) is 0 Å². The molecule has 0 aliphatic rings. The third-order valence-electron chi connectivity index (χ3n) is 0.396. The highest BCUT2D eigenvalue weighted by atomic mass is 19.4. The van der Waals surface area contributed by atoms with Gasteiger partial charge in [0.2, 0.25) is 0 Å². The van der Waals surface area contributed by atoms with Gasteiger partial charge in [0, 0.05) is 6.08 Å². The van der Waals surface area contributed by atoms with Crippen LogP contribution in [-0.4, -0.2) is 6.18 Å². The van der Waals surface area contributed by atoms with Gasteiger partial charge in [-0.1, -0.05) is 18.7 Å². The molecule has 0 nitrogen and oxygen atoms in total. The van der Waals surface area contributed by atoms with E-state index in [4.69, 9.17) is 0 Å². The van der Waals surface area contributed by atoms with Crippen LogP contribution < -0.4 is 0 Å². The summed E-state index contributed by atoms with van der Waals surface area (Å²) in [5, 5.41) is 0. The van der Waals surface area contributed by atoms with Crippen LogP contribution in [-0.2, 0) is 0 Å². The summed E-state index contributed by atoms with van der Waals surface area (Å²) in [6, 6.07) is 0. The second-order valence-electron chi connectivity index (χ2n) is 1.09. The van der Waals surface area contributed by atoms with Crippen LogP contribution in [0.25, 0.3) is 0 Å². The van der Waals surface area contributed by atoms with Gasteiger partial charge in [0.05, 0.1) is 0 Å². The van der Waals surface area contributed by atoms with E-state index in [2.05, 4.69) is 6.58 Å². The van der Waals surface area contributed by atoms with E-state index in [-0.39, 0.29) is 6.08 Å². The molecule has 0 aliphatic carbocycles. The number of allylic oxidation sites excluding steroid dienone is 3. The molecule has 1 radical (unpaired) electrons. The van der Waals surface area contributed by atoms with Crippen molar-refractivity contribution in [2.45, 2.75) is 6.18 Å². The Bertz CT molecular complexity index is 98.7. The van der Waals surface area contributed by atoms with E-state index < -0.39 is 6.18 Å². The van der Waals surface area contributed by atoms with E-state index in [0.29, 0.717) is 0 Å². The van der Waals surface area contributed by atoms with E-state index >= 15 is 0 Å². The topological polar surface area (TPSA) is 0 Å². The molecule has 0 N–H and O–H groups in total. The number of alkyl halides is 3. The maximum atomic E-state index is 11.1. The highest BCUT2D eigenvalue weighted by Crippen LogP contribution is 2.15. The molecule has 3 heteroatoms. The zero-order chi connectivity index (χ0) is 6.62. The Balaban J connectivity index is 3.69. The molecular weight excluding hydrogens is 117 g/mol. The van der Waals surface area contributed by atoms with Gasteiger partial charge < -0.3 is 0 Å². The molecule has 0 aromatic rings. The molecule has 0 heterocycles. The standard InChI is InChI=1S/C5H4F3/c1-2-3-4-5(6,7)8/h1-4H/b2-1?,4-3+. The quantitative estimate of drug-likeness (QED) is 0.466. The van der Waals surface area contributed by atoms with Crippen LogP contribution in [0.5, 0.6) is 0 Å². The summed E-state index contributed by atoms with van der Waals surface area (Å²) in [5.74, 6) is 0. The Kier molecular flexibility index (Phi) is 2.31. The maximum absolute atomic E-state index is 11.1. The fraction of sp³-hybridized carbons (Fsp3) is 0.200. The molecule has 8 heavy (non-hydrogen) atoms. The van der Waals surface area contributed by atoms with Crippen LogP contribution in [0.4, 0.5) is 13.2 Å². The minimum absolute atomic E-state index is 0.0625. The lowest BCUT2D eigenvalue weighted by Crippen LogP contribution is -1.99. The normalized spacial score (nSPS) is 12.4. The fourth-order valence-corrected chi connectivity index (χ4v) is 0.165. The fourth-order valence-electron chi connectivity index (χ4n) is 0.165. The Morgan fingerprint density at radius 1 is 1.25 bits per heavy atom. The van der Waals surface area contributed by atoms with Crippen molar-refractivity contribution in [3.8, 4) is 0 Å². The van der Waals surface area contributed by atoms with Crippen molar-refractivity contribution in [2.75, 3.05) is 0 Å². The third-order valence-corrected chi connectivity index (χ3v) is 0.396. The second-order valence-corrected chi connectivity index (χ2v) is 1.09. The van der Waals surface area contributed by atoms with Gasteiger partial charge in [-0.15, -0.1) is 0 Å². The van der Waals surface area contributed by atoms with Gasteiger partial charge >= 0.3 is 6.18 Å². The summed E-state index contributed by atoms with van der Waals surface area (Å²) < 4.78 is 33.2. The van der Waals surface area contributed by atoms with E-state index in [1.807, 2.05) is 0 Å². The molecule has 45 valence electrons. The highest BCUT2D eigenvalue weighted by Gasteiger charge is 2.20. The molecule has 0 amide bonds. The Labute approximate surface area is 45.3 Å². The van der Waals surface area contributed by atoms with E-state index in [1.54, 1.807) is 0 Å². The van der Waals surface area contributed by atoms with E-state index in [1.165, 1.54) is 0 Å². The minimum Gasteiger partial charge on any atom is -0.167 e. The minimum atomic E-state index is -4.24. The molecule has 0 fully saturated rings. The lowest BCUT2D eigenvalue weighted by molar-refractivity contribution is -0.0798. The third kappa shape index (κ3) is 5.27. The van der Waals surface area contributed by atoms with Gasteiger partial charge in [-0.3, -0.25) is 0 Å². The number of halogens is 3. The first-order valence-electron chi connectivity index (χ1n) is 1.86. The van der Waals surface area contributed by atoms with E-state index in [0.717, 1.165) is 12.2 Å². The predicted octanol–water partition coefficient (Wildman–Crippen LogP) is 2.09. The largest absolute Gasteiger partial charge is 0.409 e. The summed E-state index contributed by atoms with van der Waals surface area (Å²) >= 11 is 0. The first-order chi connectivity index (χ1) is 3.56. The monoisotopic (exact) mass is 121 g/mol. The molecule has 0 aromatic heterocycles. The molecule has 0 aromatic carbocycles. The summed E-state index contributed by atoms with van der Waals surface area (Å²) in [5.41, 5.74) is 0. The van der Waals surface area contributed by atoms with Gasteiger partial charge in [0.1, 0.15) is 0 Å². The Hall–Kier alpha value is -0.730. The average molecular weight is 121 g/mol. The van der Waals surface area contributed by atoms with Crippen LogP contribution in [0.3, 0.4) is 0 Å². The molecule has 0 saturated carbocycles. The van der Waals surface area contributed by atoms with Gasteiger partial charge in [-0.2, -0.15) is 13.2 Å². The number of hydrogen-bond acceptors (Lipinski definition) is 0. The molecule has 0 bridgehead atoms. The predicted molar refractivity (Wildman–Crippen MR) is 24.1 cm³/mol. The first kappa shape index (κ1) is 7.27. The van der Waals surface area contributed by atoms with E-state index in [9.17, 15) is 13.2 Å². The molecule has 0 atom stereocenters. The van der Waals surface area contributed by atoms with Crippen molar-refractivity contribution in [1.29, 1.82) is 0 Å². The molecular formula is C5H4F3. The molecule has 0 rings (SSSR count). The van der Waals surface area contributed by atoms with Crippen molar-refractivity contribution in [1.82, 2.24) is 0 Å². The van der Waals surface area contributed by atoms with Gasteiger partial charge in [0.25, 0.3) is 0 Å². The maximum Gasteiger partial charge on any atom is 0.409 e. The molecule has 0 saturated heterocycles. The van der Waals surface area contributed by atoms with Gasteiger partial charge in [0.15, 0.2) is 0 Å².